The van der Waals surface area contributed by atoms with Gasteiger partial charge in [0.15, 0.2) is 0 Å². The number of hydrogen-bond donors (Lipinski definition) is 1. The fourth-order valence-corrected chi connectivity index (χ4v) is 1.91. The summed E-state index contributed by atoms with van der Waals surface area (Å²) in [5.41, 5.74) is -0.528. The van der Waals surface area contributed by atoms with E-state index in [-0.39, 0.29) is 0 Å². The van der Waals surface area contributed by atoms with E-state index in [1.807, 2.05) is 6.92 Å². The van der Waals surface area contributed by atoms with Crippen molar-refractivity contribution in [3.63, 3.8) is 0 Å². The lowest BCUT2D eigenvalue weighted by atomic mass is 9.94. The van der Waals surface area contributed by atoms with Gasteiger partial charge in [-0.1, -0.05) is 51.9 Å². The van der Waals surface area contributed by atoms with Gasteiger partial charge in [-0.25, -0.2) is 0 Å². The molecule has 1 N–H and O–H groups in total. The zero-order chi connectivity index (χ0) is 12.3. The van der Waals surface area contributed by atoms with Crippen molar-refractivity contribution in [2.24, 2.45) is 0 Å². The second-order valence-corrected chi connectivity index (χ2v) is 5.11. The van der Waals surface area contributed by atoms with Crippen LogP contribution in [-0.2, 0) is 4.74 Å². The number of hydrogen-bond acceptors (Lipinski definition) is 2. The summed E-state index contributed by atoms with van der Waals surface area (Å²) in [7, 11) is 1.68. The minimum atomic E-state index is -0.528. The van der Waals surface area contributed by atoms with Gasteiger partial charge in [0.05, 0.1) is 5.60 Å². The van der Waals surface area contributed by atoms with Crippen LogP contribution in [0.15, 0.2) is 0 Å². The first-order valence-corrected chi connectivity index (χ1v) is 6.83. The minimum absolute atomic E-state index is 0.528. The Morgan fingerprint density at radius 2 is 1.50 bits per heavy atom. The van der Waals surface area contributed by atoms with Crippen LogP contribution in [0.5, 0.6) is 0 Å². The predicted molar refractivity (Wildman–Crippen MR) is 69.7 cm³/mol. The Morgan fingerprint density at radius 3 is 2.06 bits per heavy atom. The Hall–Kier alpha value is -0.0800. The third-order valence-corrected chi connectivity index (χ3v) is 3.16. The van der Waals surface area contributed by atoms with E-state index in [9.17, 15) is 5.11 Å². The molecule has 0 aliphatic heterocycles. The van der Waals surface area contributed by atoms with Gasteiger partial charge in [0.25, 0.3) is 0 Å². The smallest absolute Gasteiger partial charge is 0.0641 e. The molecule has 16 heavy (non-hydrogen) atoms. The lowest BCUT2D eigenvalue weighted by molar-refractivity contribution is 0.0152. The Bertz CT molecular complexity index is 144. The first kappa shape index (κ1) is 15.9. The summed E-state index contributed by atoms with van der Waals surface area (Å²) in [5.74, 6) is 0. The third kappa shape index (κ3) is 10.4. The van der Waals surface area contributed by atoms with E-state index in [4.69, 9.17) is 4.74 Å². The van der Waals surface area contributed by atoms with Crippen molar-refractivity contribution < 1.29 is 9.84 Å². The van der Waals surface area contributed by atoms with Gasteiger partial charge in [-0.3, -0.25) is 0 Å². The van der Waals surface area contributed by atoms with Crippen LogP contribution < -0.4 is 0 Å². The first-order chi connectivity index (χ1) is 7.62. The highest BCUT2D eigenvalue weighted by Crippen LogP contribution is 2.19. The van der Waals surface area contributed by atoms with Crippen LogP contribution in [-0.4, -0.2) is 24.4 Å². The topological polar surface area (TPSA) is 29.5 Å². The van der Waals surface area contributed by atoms with Crippen LogP contribution >= 0.6 is 0 Å². The second kappa shape index (κ2) is 10.1. The van der Waals surface area contributed by atoms with E-state index in [2.05, 4.69) is 6.92 Å². The zero-order valence-electron chi connectivity index (χ0n) is 11.4. The predicted octanol–water partition coefficient (Wildman–Crippen LogP) is 3.91. The first-order valence-electron chi connectivity index (χ1n) is 6.83. The highest BCUT2D eigenvalue weighted by atomic mass is 16.5. The molecule has 0 bridgehead atoms. The number of rotatable bonds is 11. The zero-order valence-corrected chi connectivity index (χ0v) is 11.4. The molecule has 0 heterocycles. The van der Waals surface area contributed by atoms with Crippen LogP contribution in [0.4, 0.5) is 0 Å². The molecule has 0 aliphatic rings. The molecular formula is C14H30O2. The molecule has 0 saturated carbocycles. The molecule has 0 spiro atoms. The van der Waals surface area contributed by atoms with Crippen molar-refractivity contribution in [2.75, 3.05) is 13.7 Å². The summed E-state index contributed by atoms with van der Waals surface area (Å²) < 4.78 is 4.99. The van der Waals surface area contributed by atoms with E-state index in [0.717, 1.165) is 19.3 Å². The Balaban J connectivity index is 3.29. The van der Waals surface area contributed by atoms with Gasteiger partial charge in [0.1, 0.15) is 0 Å². The molecule has 2 nitrogen and oxygen atoms in total. The maximum absolute atomic E-state index is 10.0. The summed E-state index contributed by atoms with van der Waals surface area (Å²) in [6.45, 7) is 4.82. The Labute approximate surface area is 101 Å². The van der Waals surface area contributed by atoms with Crippen LogP contribution in [0.1, 0.15) is 71.6 Å². The van der Waals surface area contributed by atoms with Gasteiger partial charge in [-0.2, -0.15) is 0 Å². The lowest BCUT2D eigenvalue weighted by Gasteiger charge is -2.22. The Morgan fingerprint density at radius 1 is 0.938 bits per heavy atom. The summed E-state index contributed by atoms with van der Waals surface area (Å²) in [6.07, 6.45) is 10.8. The van der Waals surface area contributed by atoms with Gasteiger partial charge in [0, 0.05) is 13.7 Å². The van der Waals surface area contributed by atoms with Crippen LogP contribution in [0.2, 0.25) is 0 Å². The molecule has 1 unspecified atom stereocenters. The summed E-state index contributed by atoms with van der Waals surface area (Å²) in [5, 5.41) is 10.0. The van der Waals surface area contributed by atoms with Crippen LogP contribution in [0.25, 0.3) is 0 Å². The van der Waals surface area contributed by atoms with Gasteiger partial charge in [-0.05, 0) is 19.8 Å². The third-order valence-electron chi connectivity index (χ3n) is 3.16. The molecule has 0 aromatic rings. The molecule has 1 atom stereocenters. The van der Waals surface area contributed by atoms with Crippen LogP contribution in [0.3, 0.4) is 0 Å². The van der Waals surface area contributed by atoms with Crippen LogP contribution in [0, 0.1) is 0 Å². The molecule has 0 aromatic carbocycles. The fraction of sp³-hybridized carbons (Fsp3) is 1.00. The quantitative estimate of drug-likeness (QED) is 0.545. The molecule has 0 rings (SSSR count). The van der Waals surface area contributed by atoms with E-state index in [0.29, 0.717) is 6.61 Å². The van der Waals surface area contributed by atoms with Gasteiger partial charge >= 0.3 is 0 Å². The van der Waals surface area contributed by atoms with Crippen molar-refractivity contribution in [1.82, 2.24) is 0 Å². The van der Waals surface area contributed by atoms with Gasteiger partial charge in [0.2, 0.25) is 0 Å². The van der Waals surface area contributed by atoms with Gasteiger partial charge in [-0.15, -0.1) is 0 Å². The van der Waals surface area contributed by atoms with E-state index < -0.39 is 5.60 Å². The molecular weight excluding hydrogens is 200 g/mol. The second-order valence-electron chi connectivity index (χ2n) is 5.11. The summed E-state index contributed by atoms with van der Waals surface area (Å²) >= 11 is 0. The fourth-order valence-electron chi connectivity index (χ4n) is 1.91. The lowest BCUT2D eigenvalue weighted by Crippen LogP contribution is -2.25. The Kier molecular flexibility index (Phi) is 10.0. The molecule has 0 saturated heterocycles. The molecule has 0 aliphatic carbocycles. The molecule has 0 aromatic heterocycles. The molecule has 98 valence electrons. The largest absolute Gasteiger partial charge is 0.390 e. The summed E-state index contributed by atoms with van der Waals surface area (Å²) in [6, 6.07) is 0. The maximum atomic E-state index is 10.0. The number of unbranched alkanes of at least 4 members (excludes halogenated alkanes) is 6. The molecule has 0 fully saturated rings. The molecule has 0 radical (unpaired) electrons. The van der Waals surface area contributed by atoms with E-state index in [1.54, 1.807) is 7.11 Å². The number of methoxy groups -OCH3 is 1. The SMILES string of the molecule is CCCCCCCCCC(C)(O)CCOC. The van der Waals surface area contributed by atoms with Crippen molar-refractivity contribution in [3.05, 3.63) is 0 Å². The highest BCUT2D eigenvalue weighted by molar-refractivity contribution is 4.71. The standard InChI is InChI=1S/C14H30O2/c1-4-5-6-7-8-9-10-11-14(2,15)12-13-16-3/h15H,4-13H2,1-3H3. The molecule has 2 heteroatoms. The van der Waals surface area contributed by atoms with Crippen molar-refractivity contribution in [2.45, 2.75) is 77.2 Å². The normalized spacial score (nSPS) is 15.0. The monoisotopic (exact) mass is 230 g/mol. The average molecular weight is 230 g/mol. The maximum Gasteiger partial charge on any atom is 0.0641 e. The van der Waals surface area contributed by atoms with Crippen molar-refractivity contribution in [3.8, 4) is 0 Å². The van der Waals surface area contributed by atoms with Crippen molar-refractivity contribution in [1.29, 1.82) is 0 Å². The van der Waals surface area contributed by atoms with Crippen molar-refractivity contribution >= 4 is 0 Å². The molecule has 0 amide bonds. The highest BCUT2D eigenvalue weighted by Gasteiger charge is 2.18. The number of ether oxygens (including phenoxy) is 1. The number of aliphatic hydroxyl groups is 1. The van der Waals surface area contributed by atoms with Gasteiger partial charge < -0.3 is 9.84 Å². The van der Waals surface area contributed by atoms with E-state index in [1.165, 1.54) is 38.5 Å². The minimum Gasteiger partial charge on any atom is -0.390 e. The summed E-state index contributed by atoms with van der Waals surface area (Å²) in [4.78, 5) is 0. The average Bonchev–Trinajstić information content (AvgIpc) is 2.25. The van der Waals surface area contributed by atoms with E-state index >= 15 is 0 Å².